The van der Waals surface area contributed by atoms with Gasteiger partial charge in [0.15, 0.2) is 5.69 Å². The van der Waals surface area contributed by atoms with E-state index >= 15 is 0 Å². The zero-order valence-corrected chi connectivity index (χ0v) is 17.3. The van der Waals surface area contributed by atoms with Gasteiger partial charge in [-0.15, -0.1) is 5.10 Å². The van der Waals surface area contributed by atoms with E-state index in [0.717, 1.165) is 30.7 Å². The number of ether oxygens (including phenoxy) is 1. The summed E-state index contributed by atoms with van der Waals surface area (Å²) in [6, 6.07) is 7.86. The van der Waals surface area contributed by atoms with E-state index in [1.807, 2.05) is 43.0 Å². The van der Waals surface area contributed by atoms with Crippen molar-refractivity contribution in [2.75, 3.05) is 20.2 Å². The predicted molar refractivity (Wildman–Crippen MR) is 109 cm³/mol. The molecule has 0 bridgehead atoms. The molecule has 8 heteroatoms. The molecule has 1 N–H and O–H groups in total. The molecule has 1 aliphatic heterocycles. The number of hydrogen-bond donors (Lipinski definition) is 1. The Kier molecular flexibility index (Phi) is 6.85. The average molecular weight is 399 g/mol. The summed E-state index contributed by atoms with van der Waals surface area (Å²) >= 11 is 0. The maximum absolute atomic E-state index is 12.8. The fraction of sp³-hybridized carbons (Fsp3) is 0.524. The van der Waals surface area contributed by atoms with Crippen LogP contribution in [0.2, 0.25) is 0 Å². The van der Waals surface area contributed by atoms with Crippen LogP contribution in [-0.4, -0.2) is 57.9 Å². The number of hydrogen-bond acceptors (Lipinski definition) is 5. The first-order valence-electron chi connectivity index (χ1n) is 10.1. The highest BCUT2D eigenvalue weighted by Crippen LogP contribution is 2.23. The fourth-order valence-electron chi connectivity index (χ4n) is 3.60. The number of piperidine rings is 1. The van der Waals surface area contributed by atoms with Gasteiger partial charge in [0.2, 0.25) is 5.91 Å². The minimum atomic E-state index is -0.230. The van der Waals surface area contributed by atoms with Crippen molar-refractivity contribution in [1.29, 1.82) is 0 Å². The Morgan fingerprint density at radius 2 is 2.10 bits per heavy atom. The number of nitrogens with zero attached hydrogens (tertiary/aromatic N) is 4. The lowest BCUT2D eigenvalue weighted by molar-refractivity contribution is -0.132. The second-order valence-electron chi connectivity index (χ2n) is 7.66. The number of aromatic nitrogens is 3. The number of likely N-dealkylation sites (tertiary alicyclic amines) is 1. The molecule has 0 saturated carbocycles. The molecule has 1 aromatic carbocycles. The zero-order valence-electron chi connectivity index (χ0n) is 17.3. The van der Waals surface area contributed by atoms with Crippen molar-refractivity contribution in [2.45, 2.75) is 51.6 Å². The smallest absolute Gasteiger partial charge is 0.273 e. The van der Waals surface area contributed by atoms with Crippen molar-refractivity contribution in [1.82, 2.24) is 25.2 Å². The molecule has 2 heterocycles. The van der Waals surface area contributed by atoms with Gasteiger partial charge < -0.3 is 15.0 Å². The minimum absolute atomic E-state index is 0.0343. The molecule has 0 aliphatic carbocycles. The van der Waals surface area contributed by atoms with Gasteiger partial charge in [-0.25, -0.2) is 4.68 Å². The topological polar surface area (TPSA) is 89.4 Å². The van der Waals surface area contributed by atoms with E-state index in [2.05, 4.69) is 15.6 Å². The molecule has 8 nitrogen and oxygen atoms in total. The van der Waals surface area contributed by atoms with Gasteiger partial charge in [-0.3, -0.25) is 9.59 Å². The lowest BCUT2D eigenvalue weighted by atomic mass is 10.0. The maximum Gasteiger partial charge on any atom is 0.273 e. The van der Waals surface area contributed by atoms with E-state index in [-0.39, 0.29) is 23.9 Å². The van der Waals surface area contributed by atoms with Gasteiger partial charge in [0.05, 0.1) is 19.3 Å². The fourth-order valence-corrected chi connectivity index (χ4v) is 3.60. The van der Waals surface area contributed by atoms with Crippen LogP contribution in [0.25, 0.3) is 0 Å². The van der Waals surface area contributed by atoms with Crippen molar-refractivity contribution in [3.63, 3.8) is 0 Å². The molecule has 0 spiro atoms. The van der Waals surface area contributed by atoms with Gasteiger partial charge in [-0.1, -0.05) is 23.4 Å². The monoisotopic (exact) mass is 399 g/mol. The predicted octanol–water partition coefficient (Wildman–Crippen LogP) is 2.22. The third kappa shape index (κ3) is 5.34. The van der Waals surface area contributed by atoms with E-state index < -0.39 is 0 Å². The second kappa shape index (κ2) is 9.54. The quantitative estimate of drug-likeness (QED) is 0.771. The SMILES string of the molecule is COc1ccccc1CCC(=O)N1CCCC(n2cc(C(=O)NC(C)C)nn2)C1. The van der Waals surface area contributed by atoms with Crippen molar-refractivity contribution in [3.8, 4) is 5.75 Å². The molecule has 1 saturated heterocycles. The molecule has 1 fully saturated rings. The summed E-state index contributed by atoms with van der Waals surface area (Å²) in [5.41, 5.74) is 1.34. The zero-order chi connectivity index (χ0) is 20.8. The van der Waals surface area contributed by atoms with E-state index in [9.17, 15) is 9.59 Å². The number of aryl methyl sites for hydroxylation is 1. The molecule has 29 heavy (non-hydrogen) atoms. The molecule has 156 valence electrons. The number of rotatable bonds is 7. The van der Waals surface area contributed by atoms with Gasteiger partial charge >= 0.3 is 0 Å². The average Bonchev–Trinajstić information content (AvgIpc) is 3.22. The van der Waals surface area contributed by atoms with Crippen molar-refractivity contribution >= 4 is 11.8 Å². The highest BCUT2D eigenvalue weighted by molar-refractivity contribution is 5.92. The lowest BCUT2D eigenvalue weighted by Crippen LogP contribution is -2.41. The summed E-state index contributed by atoms with van der Waals surface area (Å²) in [5, 5.41) is 10.9. The third-order valence-corrected chi connectivity index (χ3v) is 5.09. The van der Waals surface area contributed by atoms with E-state index in [1.54, 1.807) is 18.0 Å². The molecule has 3 rings (SSSR count). The van der Waals surface area contributed by atoms with E-state index in [4.69, 9.17) is 4.74 Å². The number of amides is 2. The normalized spacial score (nSPS) is 16.7. The Bertz CT molecular complexity index is 848. The van der Waals surface area contributed by atoms with Crippen molar-refractivity contribution in [3.05, 3.63) is 41.7 Å². The Morgan fingerprint density at radius 3 is 2.86 bits per heavy atom. The summed E-state index contributed by atoms with van der Waals surface area (Å²) in [5.74, 6) is 0.705. The van der Waals surface area contributed by atoms with Crippen LogP contribution in [-0.2, 0) is 11.2 Å². The van der Waals surface area contributed by atoms with Gasteiger partial charge in [0.25, 0.3) is 5.91 Å². The van der Waals surface area contributed by atoms with Crippen molar-refractivity contribution in [2.24, 2.45) is 0 Å². The second-order valence-corrected chi connectivity index (χ2v) is 7.66. The van der Waals surface area contributed by atoms with Crippen LogP contribution < -0.4 is 10.1 Å². The maximum atomic E-state index is 12.8. The number of carbonyl (C=O) groups is 2. The number of para-hydroxylation sites is 1. The van der Waals surface area contributed by atoms with Gasteiger partial charge in [0, 0.05) is 25.6 Å². The molecule has 1 atom stereocenters. The van der Waals surface area contributed by atoms with Gasteiger partial charge in [-0.05, 0) is 44.7 Å². The van der Waals surface area contributed by atoms with Crippen LogP contribution in [0.5, 0.6) is 5.75 Å². The first-order valence-corrected chi connectivity index (χ1v) is 10.1. The highest BCUT2D eigenvalue weighted by atomic mass is 16.5. The van der Waals surface area contributed by atoms with Crippen LogP contribution in [0, 0.1) is 0 Å². The van der Waals surface area contributed by atoms with Gasteiger partial charge in [-0.2, -0.15) is 0 Å². The summed E-state index contributed by atoms with van der Waals surface area (Å²) in [7, 11) is 1.64. The first kappa shape index (κ1) is 20.8. The summed E-state index contributed by atoms with van der Waals surface area (Å²) in [6.45, 7) is 5.13. The molecule has 1 aromatic heterocycles. The molecule has 0 radical (unpaired) electrons. The number of methoxy groups -OCH3 is 1. The molecule has 2 amide bonds. The Hall–Kier alpha value is -2.90. The number of benzene rings is 1. The summed E-state index contributed by atoms with van der Waals surface area (Å²) in [6.07, 6.45) is 4.56. The lowest BCUT2D eigenvalue weighted by Gasteiger charge is -2.32. The third-order valence-electron chi connectivity index (χ3n) is 5.09. The van der Waals surface area contributed by atoms with Gasteiger partial charge in [0.1, 0.15) is 5.75 Å². The molecule has 1 aliphatic rings. The molecule has 2 aromatic rings. The molecule has 1 unspecified atom stereocenters. The molecular weight excluding hydrogens is 370 g/mol. The Labute approximate surface area is 171 Å². The van der Waals surface area contributed by atoms with Crippen LogP contribution >= 0.6 is 0 Å². The largest absolute Gasteiger partial charge is 0.496 e. The van der Waals surface area contributed by atoms with Crippen LogP contribution in [0.3, 0.4) is 0 Å². The van der Waals surface area contributed by atoms with Crippen LogP contribution in [0.1, 0.15) is 55.2 Å². The Balaban J connectivity index is 1.58. The standard InChI is InChI=1S/C21H29N5O3/c1-15(2)22-21(28)18-14-26(24-23-18)17-8-6-12-25(13-17)20(27)11-10-16-7-4-5-9-19(16)29-3/h4-5,7,9,14-15,17H,6,8,10-13H2,1-3H3,(H,22,28). The number of carbonyl (C=O) groups excluding carboxylic acids is 2. The van der Waals surface area contributed by atoms with Crippen molar-refractivity contribution < 1.29 is 14.3 Å². The van der Waals surface area contributed by atoms with E-state index in [0.29, 0.717) is 25.1 Å². The summed E-state index contributed by atoms with van der Waals surface area (Å²) in [4.78, 5) is 26.7. The first-order chi connectivity index (χ1) is 14.0. The minimum Gasteiger partial charge on any atom is -0.496 e. The van der Waals surface area contributed by atoms with Crippen LogP contribution in [0.15, 0.2) is 30.5 Å². The van der Waals surface area contributed by atoms with E-state index in [1.165, 1.54) is 0 Å². The highest BCUT2D eigenvalue weighted by Gasteiger charge is 2.26. The molecular formula is C21H29N5O3. The Morgan fingerprint density at radius 1 is 1.31 bits per heavy atom. The van der Waals surface area contributed by atoms with Crippen LogP contribution in [0.4, 0.5) is 0 Å². The number of nitrogens with one attached hydrogen (secondary N) is 1. The summed E-state index contributed by atoms with van der Waals surface area (Å²) < 4.78 is 7.08.